The van der Waals surface area contributed by atoms with Gasteiger partial charge in [0.15, 0.2) is 5.69 Å². The number of para-hydroxylation sites is 2. The number of aromatic nitrogens is 2. The van der Waals surface area contributed by atoms with Crippen molar-refractivity contribution < 1.29 is 33.8 Å². The zero-order valence-corrected chi connectivity index (χ0v) is 20.6. The van der Waals surface area contributed by atoms with Crippen molar-refractivity contribution in [2.45, 2.75) is 62.1 Å². The summed E-state index contributed by atoms with van der Waals surface area (Å²) in [5.74, 6) is -7.17. The van der Waals surface area contributed by atoms with Crippen LogP contribution in [0, 0.1) is 5.92 Å². The van der Waals surface area contributed by atoms with Gasteiger partial charge in [-0.15, -0.1) is 0 Å². The number of nitrogens with zero attached hydrogens (tertiary/aromatic N) is 2. The van der Waals surface area contributed by atoms with Crippen molar-refractivity contribution in [1.82, 2.24) is 15.4 Å². The van der Waals surface area contributed by atoms with Gasteiger partial charge in [0.25, 0.3) is 5.91 Å². The average molecular weight is 529 g/mol. The second-order valence-corrected chi connectivity index (χ2v) is 9.90. The SMILES string of the molecule is NC(=O)c1nc2ccccc2nc1C(Cc1ccccc1)C(O)CC(C(=O)NO)C1(O)CCC(F)(F)CC1. The molecule has 9 nitrogen and oxygen atoms in total. The summed E-state index contributed by atoms with van der Waals surface area (Å²) in [5, 5.41) is 32.1. The quantitative estimate of drug-likeness (QED) is 0.211. The van der Waals surface area contributed by atoms with Gasteiger partial charge in [-0.1, -0.05) is 42.5 Å². The fourth-order valence-electron chi connectivity index (χ4n) is 5.19. The van der Waals surface area contributed by atoms with Gasteiger partial charge in [0.05, 0.1) is 34.4 Å². The molecule has 1 saturated carbocycles. The second-order valence-electron chi connectivity index (χ2n) is 9.90. The van der Waals surface area contributed by atoms with Gasteiger partial charge in [-0.2, -0.15) is 0 Å². The maximum atomic E-state index is 13.8. The molecule has 3 unspecified atom stereocenters. The molecule has 1 aromatic heterocycles. The predicted molar refractivity (Wildman–Crippen MR) is 133 cm³/mol. The van der Waals surface area contributed by atoms with Crippen LogP contribution in [0.3, 0.4) is 0 Å². The first-order chi connectivity index (χ1) is 18.0. The van der Waals surface area contributed by atoms with E-state index in [9.17, 15) is 33.8 Å². The molecule has 202 valence electrons. The minimum atomic E-state index is -2.97. The molecule has 3 atom stereocenters. The number of aliphatic hydroxyl groups is 2. The molecule has 0 bridgehead atoms. The number of fused-ring (bicyclic) bond motifs is 1. The lowest BCUT2D eigenvalue weighted by molar-refractivity contribution is -0.161. The fourth-order valence-corrected chi connectivity index (χ4v) is 5.19. The largest absolute Gasteiger partial charge is 0.392 e. The number of amides is 2. The average Bonchev–Trinajstić information content (AvgIpc) is 2.91. The van der Waals surface area contributed by atoms with Crippen LogP contribution in [-0.4, -0.2) is 54.8 Å². The summed E-state index contributed by atoms with van der Waals surface area (Å²) in [4.78, 5) is 34.0. The Morgan fingerprint density at radius 1 is 0.974 bits per heavy atom. The Bertz CT molecular complexity index is 1300. The standard InChI is InChI=1S/C27H30F2N4O5/c28-27(29)12-10-26(37,11-13-27)18(25(36)33-38)15-21(34)17(14-16-6-2-1-3-7-16)22-23(24(30)35)32-20-9-5-4-8-19(20)31-22/h1-9,17-18,21,34,37-38H,10-15H2,(H2,30,35)(H,33,36). The zero-order valence-electron chi connectivity index (χ0n) is 20.6. The highest BCUT2D eigenvalue weighted by atomic mass is 19.3. The number of hydrogen-bond acceptors (Lipinski definition) is 7. The highest BCUT2D eigenvalue weighted by molar-refractivity contribution is 5.94. The van der Waals surface area contributed by atoms with Gasteiger partial charge in [-0.25, -0.2) is 24.2 Å². The lowest BCUT2D eigenvalue weighted by Crippen LogP contribution is -2.51. The maximum Gasteiger partial charge on any atom is 0.269 e. The number of hydrogen-bond donors (Lipinski definition) is 5. The minimum absolute atomic E-state index is 0.109. The Balaban J connectivity index is 1.75. The number of rotatable bonds is 9. The van der Waals surface area contributed by atoms with Crippen molar-refractivity contribution in [3.8, 4) is 0 Å². The van der Waals surface area contributed by atoms with E-state index in [1.165, 1.54) is 5.48 Å². The smallest absolute Gasteiger partial charge is 0.269 e. The first-order valence-electron chi connectivity index (χ1n) is 12.4. The summed E-state index contributed by atoms with van der Waals surface area (Å²) in [6.07, 6.45) is -3.70. The molecule has 2 aromatic carbocycles. The van der Waals surface area contributed by atoms with Crippen LogP contribution in [0.1, 0.15) is 59.8 Å². The third kappa shape index (κ3) is 5.95. The van der Waals surface area contributed by atoms with Crippen molar-refractivity contribution >= 4 is 22.8 Å². The number of primary amides is 1. The van der Waals surface area contributed by atoms with E-state index >= 15 is 0 Å². The second kappa shape index (κ2) is 11.1. The van der Waals surface area contributed by atoms with Crippen LogP contribution >= 0.6 is 0 Å². The molecule has 2 amide bonds. The van der Waals surface area contributed by atoms with Crippen LogP contribution in [0.15, 0.2) is 54.6 Å². The number of benzene rings is 2. The van der Waals surface area contributed by atoms with Crippen molar-refractivity contribution in [3.05, 3.63) is 71.5 Å². The van der Waals surface area contributed by atoms with Crippen LogP contribution < -0.4 is 11.2 Å². The molecule has 1 aliphatic rings. The molecule has 0 radical (unpaired) electrons. The molecule has 6 N–H and O–H groups in total. The van der Waals surface area contributed by atoms with Crippen LogP contribution in [-0.2, 0) is 11.2 Å². The van der Waals surface area contributed by atoms with Gasteiger partial charge in [-0.3, -0.25) is 14.8 Å². The van der Waals surface area contributed by atoms with Gasteiger partial charge in [0, 0.05) is 18.8 Å². The molecule has 38 heavy (non-hydrogen) atoms. The van der Waals surface area contributed by atoms with E-state index in [-0.39, 0.29) is 17.8 Å². The van der Waals surface area contributed by atoms with E-state index in [2.05, 4.69) is 9.97 Å². The molecule has 0 saturated heterocycles. The van der Waals surface area contributed by atoms with Crippen molar-refractivity contribution in [1.29, 1.82) is 0 Å². The molecule has 1 fully saturated rings. The Hall–Kier alpha value is -3.54. The lowest BCUT2D eigenvalue weighted by Gasteiger charge is -2.41. The van der Waals surface area contributed by atoms with Gasteiger partial charge < -0.3 is 15.9 Å². The molecule has 4 rings (SSSR count). The zero-order chi connectivity index (χ0) is 27.5. The predicted octanol–water partition coefficient (Wildman–Crippen LogP) is 2.87. The van der Waals surface area contributed by atoms with Gasteiger partial charge in [0.2, 0.25) is 11.8 Å². The van der Waals surface area contributed by atoms with E-state index in [4.69, 9.17) is 5.73 Å². The Labute approximate surface area is 217 Å². The van der Waals surface area contributed by atoms with Crippen molar-refractivity contribution in [2.75, 3.05) is 0 Å². The monoisotopic (exact) mass is 528 g/mol. The first kappa shape index (κ1) is 27.5. The van der Waals surface area contributed by atoms with Crippen molar-refractivity contribution in [2.24, 2.45) is 11.7 Å². The van der Waals surface area contributed by atoms with E-state index in [0.29, 0.717) is 11.0 Å². The molecular weight excluding hydrogens is 498 g/mol. The Morgan fingerprint density at radius 2 is 1.55 bits per heavy atom. The van der Waals surface area contributed by atoms with E-state index < -0.39 is 73.4 Å². The minimum Gasteiger partial charge on any atom is -0.392 e. The highest BCUT2D eigenvalue weighted by Crippen LogP contribution is 2.44. The van der Waals surface area contributed by atoms with E-state index in [1.54, 1.807) is 36.4 Å². The number of carbonyl (C=O) groups excluding carboxylic acids is 2. The Kier molecular flexibility index (Phi) is 8.00. The number of carbonyl (C=O) groups is 2. The van der Waals surface area contributed by atoms with Gasteiger partial charge >= 0.3 is 0 Å². The Morgan fingerprint density at radius 3 is 2.13 bits per heavy atom. The van der Waals surface area contributed by atoms with Crippen LogP contribution in [0.4, 0.5) is 8.78 Å². The molecule has 1 heterocycles. The summed E-state index contributed by atoms with van der Waals surface area (Å²) >= 11 is 0. The van der Waals surface area contributed by atoms with Crippen LogP contribution in [0.25, 0.3) is 11.0 Å². The normalized spacial score (nSPS) is 18.9. The third-order valence-electron chi connectivity index (χ3n) is 7.34. The molecular formula is C27H30F2N4O5. The molecule has 0 spiro atoms. The molecule has 3 aromatic rings. The number of halogens is 2. The molecule has 0 aliphatic heterocycles. The topological polar surface area (TPSA) is 159 Å². The number of nitrogens with one attached hydrogen (secondary N) is 1. The first-order valence-corrected chi connectivity index (χ1v) is 12.4. The number of aliphatic hydroxyl groups excluding tert-OH is 1. The lowest BCUT2D eigenvalue weighted by atomic mass is 9.70. The summed E-state index contributed by atoms with van der Waals surface area (Å²) in [7, 11) is 0. The maximum absolute atomic E-state index is 13.8. The summed E-state index contributed by atoms with van der Waals surface area (Å²) < 4.78 is 27.7. The highest BCUT2D eigenvalue weighted by Gasteiger charge is 2.50. The molecule has 1 aliphatic carbocycles. The number of nitrogens with two attached hydrogens (primary N) is 1. The van der Waals surface area contributed by atoms with Crippen LogP contribution in [0.5, 0.6) is 0 Å². The number of hydroxylamine groups is 1. The van der Waals surface area contributed by atoms with Gasteiger partial charge in [-0.05, 0) is 43.4 Å². The summed E-state index contributed by atoms with van der Waals surface area (Å²) in [6, 6.07) is 15.9. The third-order valence-corrected chi connectivity index (χ3v) is 7.34. The summed E-state index contributed by atoms with van der Waals surface area (Å²) in [5.41, 5.74) is 6.87. The molecule has 11 heteroatoms. The van der Waals surface area contributed by atoms with E-state index in [0.717, 1.165) is 5.56 Å². The van der Waals surface area contributed by atoms with Crippen molar-refractivity contribution in [3.63, 3.8) is 0 Å². The number of alkyl halides is 2. The fraction of sp³-hybridized carbons (Fsp3) is 0.407. The van der Waals surface area contributed by atoms with E-state index in [1.807, 2.05) is 18.2 Å². The van der Waals surface area contributed by atoms with Crippen LogP contribution in [0.2, 0.25) is 0 Å². The summed E-state index contributed by atoms with van der Waals surface area (Å²) in [6.45, 7) is 0. The van der Waals surface area contributed by atoms with Gasteiger partial charge in [0.1, 0.15) is 0 Å².